The second-order valence-electron chi connectivity index (χ2n) is 13.5. The van der Waals surface area contributed by atoms with Gasteiger partial charge in [0, 0.05) is 32.1 Å². The Kier molecular flexibility index (Phi) is 9.64. The summed E-state index contributed by atoms with van der Waals surface area (Å²) in [4.78, 5) is 35.0. The standard InChI is InChI=1S/C36H49N7O2/c1-8-10-11-22(3)32-23(4)12-13-25-18-26(34(45)42(6)7)14-15-29(25)36(32,35-39-30(9-2)40-41-35)16-17-38-21-31(44)43-27(20-37)19-28-24(5)33(28)43/h8,10,14-15,18,22,24,27-28,33,38H,9,11-13,16-17,19,21H2,1-7H3,(H,39,40,41)/b10-8-. The summed E-state index contributed by atoms with van der Waals surface area (Å²) in [5.74, 6) is 2.70. The summed E-state index contributed by atoms with van der Waals surface area (Å²) in [5.41, 5.74) is 4.93. The summed E-state index contributed by atoms with van der Waals surface area (Å²) in [6, 6.07) is 8.35. The zero-order valence-corrected chi connectivity index (χ0v) is 28.0. The monoisotopic (exact) mass is 611 g/mol. The minimum atomic E-state index is -0.657. The molecule has 1 aliphatic heterocycles. The van der Waals surface area contributed by atoms with Crippen LogP contribution in [0.1, 0.15) is 93.4 Å². The van der Waals surface area contributed by atoms with Gasteiger partial charge in [0.15, 0.2) is 5.82 Å². The van der Waals surface area contributed by atoms with Crippen LogP contribution in [0.4, 0.5) is 0 Å². The van der Waals surface area contributed by atoms with E-state index in [2.05, 4.69) is 75.4 Å². The van der Waals surface area contributed by atoms with E-state index < -0.39 is 5.41 Å². The van der Waals surface area contributed by atoms with Gasteiger partial charge < -0.3 is 15.1 Å². The van der Waals surface area contributed by atoms with Crippen LogP contribution in [-0.2, 0) is 23.1 Å². The Bertz CT molecular complexity index is 1530. The van der Waals surface area contributed by atoms with Crippen molar-refractivity contribution < 1.29 is 9.59 Å². The Morgan fingerprint density at radius 2 is 2.09 bits per heavy atom. The molecule has 1 aromatic carbocycles. The number of likely N-dealkylation sites (tertiary alicyclic amines) is 1. The van der Waals surface area contributed by atoms with E-state index in [0.717, 1.165) is 54.9 Å². The SMILES string of the molecule is C/C=C\CC(C)C1=C(C)CCc2cc(C(=O)N(C)C)ccc2C1(CCNCC(=O)N1C(C#N)CC2C(C)C21)c1n[nH]c(CC)n1. The minimum absolute atomic E-state index is 0.000108. The van der Waals surface area contributed by atoms with Crippen LogP contribution in [0.5, 0.6) is 0 Å². The molecule has 0 radical (unpaired) electrons. The molecule has 1 aromatic heterocycles. The lowest BCUT2D eigenvalue weighted by molar-refractivity contribution is -0.131. The Morgan fingerprint density at radius 3 is 2.76 bits per heavy atom. The number of carbonyl (C=O) groups excluding carboxylic acids is 2. The number of fused-ring (bicyclic) bond motifs is 2. The van der Waals surface area contributed by atoms with E-state index in [0.29, 0.717) is 30.4 Å². The van der Waals surface area contributed by atoms with Gasteiger partial charge in [0.25, 0.3) is 5.91 Å². The number of allylic oxidation sites excluding steroid dienone is 4. The summed E-state index contributed by atoms with van der Waals surface area (Å²) in [6.45, 7) is 11.6. The average molecular weight is 612 g/mol. The summed E-state index contributed by atoms with van der Waals surface area (Å²) < 4.78 is 0. The fourth-order valence-electron chi connectivity index (χ4n) is 8.07. The first-order valence-corrected chi connectivity index (χ1v) is 16.6. The third kappa shape index (κ3) is 5.97. The molecule has 1 saturated heterocycles. The Balaban J connectivity index is 1.55. The van der Waals surface area contributed by atoms with Crippen LogP contribution in [0.2, 0.25) is 0 Å². The molecular weight excluding hydrogens is 562 g/mol. The van der Waals surface area contributed by atoms with Gasteiger partial charge in [-0.2, -0.15) is 10.4 Å². The summed E-state index contributed by atoms with van der Waals surface area (Å²) in [7, 11) is 3.56. The number of aromatic amines is 1. The molecule has 1 saturated carbocycles. The predicted octanol–water partition coefficient (Wildman–Crippen LogP) is 4.96. The third-order valence-corrected chi connectivity index (χ3v) is 10.4. The second kappa shape index (κ2) is 13.3. The van der Waals surface area contributed by atoms with Crippen molar-refractivity contribution >= 4 is 11.8 Å². The van der Waals surface area contributed by atoms with Gasteiger partial charge in [-0.3, -0.25) is 14.7 Å². The summed E-state index contributed by atoms with van der Waals surface area (Å²) >= 11 is 0. The molecule has 9 nitrogen and oxygen atoms in total. The number of carbonyl (C=O) groups is 2. The smallest absolute Gasteiger partial charge is 0.253 e. The van der Waals surface area contributed by atoms with Gasteiger partial charge in [0.2, 0.25) is 5.91 Å². The normalized spacial score (nSPS) is 26.3. The first-order chi connectivity index (χ1) is 21.6. The average Bonchev–Trinajstić information content (AvgIpc) is 3.36. The highest BCUT2D eigenvalue weighted by molar-refractivity contribution is 5.94. The van der Waals surface area contributed by atoms with Crippen molar-refractivity contribution in [2.45, 2.75) is 90.6 Å². The molecule has 3 aliphatic rings. The van der Waals surface area contributed by atoms with Gasteiger partial charge in [0.1, 0.15) is 11.9 Å². The van der Waals surface area contributed by atoms with E-state index in [1.807, 2.05) is 11.0 Å². The van der Waals surface area contributed by atoms with E-state index in [4.69, 9.17) is 10.1 Å². The first kappa shape index (κ1) is 32.6. The van der Waals surface area contributed by atoms with Gasteiger partial charge in [-0.25, -0.2) is 4.98 Å². The number of hydrogen-bond donors (Lipinski definition) is 2. The highest BCUT2D eigenvalue weighted by Gasteiger charge is 2.60. The maximum atomic E-state index is 13.4. The topological polar surface area (TPSA) is 118 Å². The van der Waals surface area contributed by atoms with Crippen LogP contribution in [0, 0.1) is 29.1 Å². The maximum absolute atomic E-state index is 13.4. The van der Waals surface area contributed by atoms with Gasteiger partial charge in [-0.05, 0) is 99.1 Å². The lowest BCUT2D eigenvalue weighted by Crippen LogP contribution is -2.45. The van der Waals surface area contributed by atoms with Crippen molar-refractivity contribution in [1.82, 2.24) is 30.3 Å². The molecule has 45 heavy (non-hydrogen) atoms. The Morgan fingerprint density at radius 1 is 1.31 bits per heavy atom. The molecule has 0 spiro atoms. The number of amides is 2. The third-order valence-electron chi connectivity index (χ3n) is 10.4. The largest absolute Gasteiger partial charge is 0.345 e. The molecular formula is C36H49N7O2. The van der Waals surface area contributed by atoms with Crippen LogP contribution in [0.3, 0.4) is 0 Å². The number of piperidine rings is 1. The molecule has 2 aromatic rings. The molecule has 2 amide bonds. The molecule has 6 atom stereocenters. The number of rotatable bonds is 11. The molecule has 0 bridgehead atoms. The van der Waals surface area contributed by atoms with E-state index in [-0.39, 0.29) is 36.4 Å². The second-order valence-corrected chi connectivity index (χ2v) is 13.5. The molecule has 240 valence electrons. The van der Waals surface area contributed by atoms with Crippen LogP contribution in [-0.4, -0.2) is 76.1 Å². The van der Waals surface area contributed by atoms with E-state index in [9.17, 15) is 14.9 Å². The number of aromatic nitrogens is 3. The molecule has 2 aliphatic carbocycles. The highest BCUT2D eigenvalue weighted by Crippen LogP contribution is 2.53. The summed E-state index contributed by atoms with van der Waals surface area (Å²) in [5, 5.41) is 21.2. The Labute approximate surface area is 268 Å². The fraction of sp³-hybridized carbons (Fsp3) is 0.583. The predicted molar refractivity (Wildman–Crippen MR) is 175 cm³/mol. The number of nitriles is 1. The van der Waals surface area contributed by atoms with E-state index in [1.165, 1.54) is 11.1 Å². The van der Waals surface area contributed by atoms with Crippen LogP contribution >= 0.6 is 0 Å². The van der Waals surface area contributed by atoms with E-state index in [1.54, 1.807) is 19.0 Å². The van der Waals surface area contributed by atoms with Gasteiger partial charge in [0.05, 0.1) is 18.0 Å². The zero-order chi connectivity index (χ0) is 32.5. The lowest BCUT2D eigenvalue weighted by Gasteiger charge is -2.39. The molecule has 2 heterocycles. The molecule has 6 unspecified atom stereocenters. The van der Waals surface area contributed by atoms with Crippen molar-refractivity contribution in [2.75, 3.05) is 27.2 Å². The number of benzene rings is 1. The van der Waals surface area contributed by atoms with E-state index >= 15 is 0 Å². The number of nitrogens with zero attached hydrogens (tertiary/aromatic N) is 5. The number of aryl methyl sites for hydroxylation is 2. The number of H-pyrrole nitrogens is 1. The van der Waals surface area contributed by atoms with Crippen molar-refractivity contribution in [3.05, 3.63) is 69.8 Å². The Hall–Kier alpha value is -3.77. The highest BCUT2D eigenvalue weighted by atomic mass is 16.2. The van der Waals surface area contributed by atoms with Crippen molar-refractivity contribution in [1.29, 1.82) is 5.26 Å². The lowest BCUT2D eigenvalue weighted by atomic mass is 9.65. The van der Waals surface area contributed by atoms with Gasteiger partial charge in [-0.15, -0.1) is 0 Å². The van der Waals surface area contributed by atoms with Crippen molar-refractivity contribution in [3.8, 4) is 6.07 Å². The zero-order valence-electron chi connectivity index (χ0n) is 28.0. The first-order valence-electron chi connectivity index (χ1n) is 16.6. The van der Waals surface area contributed by atoms with Gasteiger partial charge in [-0.1, -0.05) is 44.6 Å². The van der Waals surface area contributed by atoms with Gasteiger partial charge >= 0.3 is 0 Å². The number of hydrogen-bond acceptors (Lipinski definition) is 6. The van der Waals surface area contributed by atoms with Crippen LogP contribution in [0.15, 0.2) is 41.5 Å². The quantitative estimate of drug-likeness (QED) is 0.274. The molecule has 9 heteroatoms. The summed E-state index contributed by atoms with van der Waals surface area (Å²) in [6.07, 6.45) is 9.08. The maximum Gasteiger partial charge on any atom is 0.253 e. The molecule has 2 N–H and O–H groups in total. The number of nitrogens with one attached hydrogen (secondary N) is 2. The molecule has 5 rings (SSSR count). The van der Waals surface area contributed by atoms with Crippen molar-refractivity contribution in [3.63, 3.8) is 0 Å². The van der Waals surface area contributed by atoms with Crippen LogP contribution < -0.4 is 5.32 Å². The van der Waals surface area contributed by atoms with Crippen molar-refractivity contribution in [2.24, 2.45) is 17.8 Å². The molecule has 2 fully saturated rings. The minimum Gasteiger partial charge on any atom is -0.345 e. The fourth-order valence-corrected chi connectivity index (χ4v) is 8.07. The van der Waals surface area contributed by atoms with Crippen LogP contribution in [0.25, 0.3) is 0 Å².